The van der Waals surface area contributed by atoms with E-state index >= 15 is 0 Å². The van der Waals surface area contributed by atoms with Gasteiger partial charge in [-0.2, -0.15) is 0 Å². The summed E-state index contributed by atoms with van der Waals surface area (Å²) >= 11 is 0. The van der Waals surface area contributed by atoms with Gasteiger partial charge in [-0.25, -0.2) is 0 Å². The first-order chi connectivity index (χ1) is 16.3. The largest absolute Gasteiger partial charge is 0.465 e. The van der Waals surface area contributed by atoms with Crippen LogP contribution in [0.15, 0.2) is 24.3 Å². The molecule has 4 aliphatic rings. The van der Waals surface area contributed by atoms with Gasteiger partial charge in [0.25, 0.3) is 0 Å². The number of esters is 1. The van der Waals surface area contributed by atoms with E-state index in [0.29, 0.717) is 39.0 Å². The van der Waals surface area contributed by atoms with Gasteiger partial charge in [0.15, 0.2) is 0 Å². The zero-order valence-electron chi connectivity index (χ0n) is 20.6. The van der Waals surface area contributed by atoms with Gasteiger partial charge in [-0.15, -0.1) is 0 Å². The predicted molar refractivity (Wildman–Crippen MR) is 126 cm³/mol. The number of ether oxygens (including phenoxy) is 2. The van der Waals surface area contributed by atoms with Crippen LogP contribution in [0.3, 0.4) is 0 Å². The second-order valence-electron chi connectivity index (χ2n) is 10.1. The van der Waals surface area contributed by atoms with Crippen molar-refractivity contribution in [1.29, 1.82) is 0 Å². The SMILES string of the molecule is CC[C@]12/C=C\CCCOC(=O)[C@H]1[C@H]1C(=O)N(CCCCCO)C3C(=O)N(C(C)C)CC=C[C@@]31O2. The van der Waals surface area contributed by atoms with Crippen molar-refractivity contribution in [3.8, 4) is 0 Å². The fraction of sp³-hybridized carbons (Fsp3) is 0.731. The minimum atomic E-state index is -1.22. The molecule has 4 rings (SSSR count). The predicted octanol–water partition coefficient (Wildman–Crippen LogP) is 2.21. The number of nitrogens with zero attached hydrogens (tertiary/aromatic N) is 2. The molecule has 0 aromatic carbocycles. The summed E-state index contributed by atoms with van der Waals surface area (Å²) in [6.45, 7) is 7.09. The third kappa shape index (κ3) is 3.88. The maximum absolute atomic E-state index is 14.0. The molecule has 8 nitrogen and oxygen atoms in total. The Hall–Kier alpha value is -2.19. The second kappa shape index (κ2) is 9.82. The van der Waals surface area contributed by atoms with E-state index in [2.05, 4.69) is 0 Å². The number of allylic oxidation sites excluding steroid dienone is 1. The highest BCUT2D eigenvalue weighted by molar-refractivity contribution is 5.99. The van der Waals surface area contributed by atoms with Crippen LogP contribution >= 0.6 is 0 Å². The van der Waals surface area contributed by atoms with Gasteiger partial charge < -0.3 is 24.4 Å². The van der Waals surface area contributed by atoms with Crippen molar-refractivity contribution >= 4 is 17.8 Å². The highest BCUT2D eigenvalue weighted by Gasteiger charge is 2.75. The number of unbranched alkanes of at least 4 members (excludes halogenated alkanes) is 2. The van der Waals surface area contributed by atoms with E-state index in [0.717, 1.165) is 19.3 Å². The Bertz CT molecular complexity index is 869. The number of rotatable bonds is 7. The second-order valence-corrected chi connectivity index (χ2v) is 10.1. The maximum atomic E-state index is 14.0. The van der Waals surface area contributed by atoms with Crippen LogP contribution in [0.2, 0.25) is 0 Å². The van der Waals surface area contributed by atoms with E-state index in [4.69, 9.17) is 14.6 Å². The van der Waals surface area contributed by atoms with Crippen molar-refractivity contribution in [1.82, 2.24) is 9.80 Å². The Labute approximate surface area is 201 Å². The Balaban J connectivity index is 1.82. The number of hydrogen-bond donors (Lipinski definition) is 1. The maximum Gasteiger partial charge on any atom is 0.313 e. The lowest BCUT2D eigenvalue weighted by molar-refractivity contribution is -0.161. The monoisotopic (exact) mass is 474 g/mol. The first-order valence-electron chi connectivity index (χ1n) is 12.8. The Morgan fingerprint density at radius 2 is 1.88 bits per heavy atom. The minimum Gasteiger partial charge on any atom is -0.465 e. The molecule has 2 fully saturated rings. The fourth-order valence-corrected chi connectivity index (χ4v) is 6.17. The Morgan fingerprint density at radius 1 is 1.09 bits per heavy atom. The van der Waals surface area contributed by atoms with Gasteiger partial charge in [-0.05, 0) is 52.4 Å². The van der Waals surface area contributed by atoms with E-state index in [1.165, 1.54) is 0 Å². The summed E-state index contributed by atoms with van der Waals surface area (Å²) in [5.74, 6) is -2.42. The van der Waals surface area contributed by atoms with Crippen molar-refractivity contribution in [2.45, 2.75) is 82.6 Å². The zero-order valence-corrected chi connectivity index (χ0v) is 20.6. The first-order valence-corrected chi connectivity index (χ1v) is 12.8. The Morgan fingerprint density at radius 3 is 2.59 bits per heavy atom. The van der Waals surface area contributed by atoms with E-state index in [-0.39, 0.29) is 24.5 Å². The smallest absolute Gasteiger partial charge is 0.313 e. The molecule has 1 spiro atoms. The van der Waals surface area contributed by atoms with E-state index < -0.39 is 35.0 Å². The normalized spacial score (nSPS) is 36.4. The minimum absolute atomic E-state index is 0.0405. The molecule has 8 heteroatoms. The van der Waals surface area contributed by atoms with Gasteiger partial charge in [0.2, 0.25) is 11.8 Å². The van der Waals surface area contributed by atoms with Crippen molar-refractivity contribution in [3.05, 3.63) is 24.3 Å². The number of fused-ring (bicyclic) bond motifs is 2. The third-order valence-electron chi connectivity index (χ3n) is 7.84. The summed E-state index contributed by atoms with van der Waals surface area (Å²) in [4.78, 5) is 44.8. The van der Waals surface area contributed by atoms with Crippen molar-refractivity contribution in [3.63, 3.8) is 0 Å². The number of hydrogen-bond acceptors (Lipinski definition) is 6. The van der Waals surface area contributed by atoms with E-state index in [9.17, 15) is 14.4 Å². The molecule has 1 unspecified atom stereocenters. The number of cyclic esters (lactones) is 1. The molecule has 0 radical (unpaired) electrons. The lowest BCUT2D eigenvalue weighted by atomic mass is 9.73. The number of carbonyl (C=O) groups is 3. The standard InChI is InChI=1S/C26H38N2O6/c1-4-25-12-7-5-10-17-33-24(32)20(25)19-22(30)28(14-8-6-9-16-29)21-23(31)27(18(2)3)15-11-13-26(19,21)34-25/h7,11-13,18-21,29H,4-6,8-10,14-17H2,1-3H3/b12-7-/t19-,20+,21?,25-,26-/m0/s1. The quantitative estimate of drug-likeness (QED) is 0.345. The molecule has 4 heterocycles. The van der Waals surface area contributed by atoms with Crippen LogP contribution in [0, 0.1) is 11.8 Å². The first kappa shape index (κ1) is 24.9. The molecule has 0 aromatic rings. The average Bonchev–Trinajstić information content (AvgIpc) is 3.18. The van der Waals surface area contributed by atoms with Crippen LogP contribution in [0.5, 0.6) is 0 Å². The summed E-state index contributed by atoms with van der Waals surface area (Å²) in [6.07, 6.45) is 11.8. The van der Waals surface area contributed by atoms with Crippen LogP contribution in [-0.4, -0.2) is 82.3 Å². The van der Waals surface area contributed by atoms with Crippen LogP contribution < -0.4 is 0 Å². The molecule has 0 bridgehead atoms. The van der Waals surface area contributed by atoms with E-state index in [1.807, 2.05) is 45.1 Å². The van der Waals surface area contributed by atoms with Gasteiger partial charge in [0, 0.05) is 25.7 Å². The fourth-order valence-electron chi connectivity index (χ4n) is 6.17. The number of aliphatic hydroxyl groups excluding tert-OH is 1. The molecule has 2 saturated heterocycles. The molecule has 4 aliphatic heterocycles. The van der Waals surface area contributed by atoms with Crippen molar-refractivity contribution in [2.75, 3.05) is 26.3 Å². The van der Waals surface area contributed by atoms with Crippen molar-refractivity contribution in [2.24, 2.45) is 11.8 Å². The topological polar surface area (TPSA) is 96.4 Å². The molecule has 2 amide bonds. The average molecular weight is 475 g/mol. The number of aliphatic hydroxyl groups is 1. The van der Waals surface area contributed by atoms with Crippen LogP contribution in [-0.2, 0) is 23.9 Å². The molecule has 0 aromatic heterocycles. The van der Waals surface area contributed by atoms with Gasteiger partial charge in [0.1, 0.15) is 23.2 Å². The van der Waals surface area contributed by atoms with Crippen LogP contribution in [0.1, 0.15) is 59.3 Å². The molecular formula is C26H38N2O6. The molecule has 0 saturated carbocycles. The zero-order chi connectivity index (χ0) is 24.5. The summed E-state index contributed by atoms with van der Waals surface area (Å²) in [6, 6.07) is -0.873. The number of amides is 2. The molecule has 0 aliphatic carbocycles. The lowest BCUT2D eigenvalue weighted by Crippen LogP contribution is -2.57. The number of likely N-dealkylation sites (tertiary alicyclic amines) is 1. The lowest BCUT2D eigenvalue weighted by Gasteiger charge is -2.39. The van der Waals surface area contributed by atoms with Gasteiger partial charge >= 0.3 is 5.97 Å². The van der Waals surface area contributed by atoms with E-state index in [1.54, 1.807) is 9.80 Å². The number of carbonyl (C=O) groups excluding carboxylic acids is 3. The third-order valence-corrected chi connectivity index (χ3v) is 7.84. The highest BCUT2D eigenvalue weighted by atomic mass is 16.6. The van der Waals surface area contributed by atoms with Gasteiger partial charge in [-0.3, -0.25) is 14.4 Å². The molecule has 188 valence electrons. The molecular weight excluding hydrogens is 436 g/mol. The van der Waals surface area contributed by atoms with Crippen LogP contribution in [0.4, 0.5) is 0 Å². The van der Waals surface area contributed by atoms with Gasteiger partial charge in [0.05, 0.1) is 12.5 Å². The Kier molecular flexibility index (Phi) is 7.20. The summed E-state index contributed by atoms with van der Waals surface area (Å²) < 4.78 is 12.5. The molecule has 5 atom stereocenters. The summed E-state index contributed by atoms with van der Waals surface area (Å²) in [7, 11) is 0. The molecule has 1 N–H and O–H groups in total. The summed E-state index contributed by atoms with van der Waals surface area (Å²) in [5, 5.41) is 9.16. The van der Waals surface area contributed by atoms with Gasteiger partial charge in [-0.1, -0.05) is 31.2 Å². The summed E-state index contributed by atoms with van der Waals surface area (Å²) in [5.41, 5.74) is -2.22. The van der Waals surface area contributed by atoms with Crippen molar-refractivity contribution < 1.29 is 29.0 Å². The molecule has 34 heavy (non-hydrogen) atoms. The highest BCUT2D eigenvalue weighted by Crippen LogP contribution is 2.58. The van der Waals surface area contributed by atoms with Crippen LogP contribution in [0.25, 0.3) is 0 Å².